The molecule has 0 aliphatic carbocycles. The highest BCUT2D eigenvalue weighted by Crippen LogP contribution is 2.21. The maximum Gasteiger partial charge on any atom is 0.322 e. The summed E-state index contributed by atoms with van der Waals surface area (Å²) in [5.74, 6) is -0.397. The zero-order valence-corrected chi connectivity index (χ0v) is 15.4. The lowest BCUT2D eigenvalue weighted by molar-refractivity contribution is 0.189. The second kappa shape index (κ2) is 8.32. The molecule has 1 N–H and O–H groups in total. The van der Waals surface area contributed by atoms with Crippen molar-refractivity contribution in [2.75, 3.05) is 25.0 Å². The van der Waals surface area contributed by atoms with Crippen LogP contribution in [0.3, 0.4) is 0 Å². The molecular formula is C21H26FN3O. The summed E-state index contributed by atoms with van der Waals surface area (Å²) in [6, 6.07) is 15.1. The topological polar surface area (TPSA) is 35.6 Å². The van der Waals surface area contributed by atoms with E-state index in [4.69, 9.17) is 0 Å². The minimum atomic E-state index is -0.397. The second-order valence-corrected chi connectivity index (χ2v) is 6.86. The number of rotatable bonds is 5. The molecule has 3 rings (SSSR count). The fourth-order valence-corrected chi connectivity index (χ4v) is 3.53. The zero-order chi connectivity index (χ0) is 18.5. The highest BCUT2D eigenvalue weighted by atomic mass is 19.1. The van der Waals surface area contributed by atoms with Crippen LogP contribution >= 0.6 is 0 Å². The molecule has 0 aromatic heterocycles. The molecule has 5 heteroatoms. The highest BCUT2D eigenvalue weighted by Gasteiger charge is 2.30. The Bertz CT molecular complexity index is 750. The van der Waals surface area contributed by atoms with E-state index in [2.05, 4.69) is 22.3 Å². The summed E-state index contributed by atoms with van der Waals surface area (Å²) >= 11 is 0. The number of hydrogen-bond acceptors (Lipinski definition) is 2. The van der Waals surface area contributed by atoms with Gasteiger partial charge in [0.1, 0.15) is 5.82 Å². The van der Waals surface area contributed by atoms with Crippen LogP contribution < -0.4 is 5.32 Å². The highest BCUT2D eigenvalue weighted by molar-refractivity contribution is 5.89. The molecule has 1 atom stereocenters. The third-order valence-electron chi connectivity index (χ3n) is 4.91. The Labute approximate surface area is 154 Å². The molecule has 0 spiro atoms. The Hall–Kier alpha value is -2.40. The van der Waals surface area contributed by atoms with E-state index in [9.17, 15) is 9.18 Å². The minimum absolute atomic E-state index is 0.150. The van der Waals surface area contributed by atoms with Crippen LogP contribution in [0.25, 0.3) is 0 Å². The summed E-state index contributed by atoms with van der Waals surface area (Å²) in [7, 11) is 0. The lowest BCUT2D eigenvalue weighted by atomic mass is 10.2. The Balaban J connectivity index is 1.60. The van der Waals surface area contributed by atoms with E-state index in [1.165, 1.54) is 11.6 Å². The van der Waals surface area contributed by atoms with Gasteiger partial charge in [0.05, 0.1) is 5.69 Å². The van der Waals surface area contributed by atoms with Crippen LogP contribution in [0.2, 0.25) is 0 Å². The molecule has 2 aromatic carbocycles. The number of benzene rings is 2. The number of amides is 2. The van der Waals surface area contributed by atoms with E-state index in [1.54, 1.807) is 12.1 Å². The van der Waals surface area contributed by atoms with Crippen LogP contribution in [-0.2, 0) is 6.54 Å². The predicted molar refractivity (Wildman–Crippen MR) is 103 cm³/mol. The van der Waals surface area contributed by atoms with Crippen molar-refractivity contribution in [1.29, 1.82) is 0 Å². The van der Waals surface area contributed by atoms with Crippen molar-refractivity contribution in [2.45, 2.75) is 32.9 Å². The number of anilines is 1. The van der Waals surface area contributed by atoms with Gasteiger partial charge in [0.15, 0.2) is 0 Å². The Morgan fingerprint density at radius 2 is 2.04 bits per heavy atom. The lowest BCUT2D eigenvalue weighted by Gasteiger charge is -2.28. The average Bonchev–Trinajstić information content (AvgIpc) is 3.07. The molecular weight excluding hydrogens is 329 g/mol. The summed E-state index contributed by atoms with van der Waals surface area (Å²) in [4.78, 5) is 16.8. The van der Waals surface area contributed by atoms with Crippen LogP contribution in [0.4, 0.5) is 14.9 Å². The van der Waals surface area contributed by atoms with Gasteiger partial charge in [-0.2, -0.15) is 0 Å². The number of urea groups is 1. The molecule has 1 saturated heterocycles. The molecule has 26 heavy (non-hydrogen) atoms. The quantitative estimate of drug-likeness (QED) is 0.870. The standard InChI is InChI=1S/C21H26FN3O/c1-3-25(21(26)23-20-10-9-16(2)13-19(20)22)18-11-12-24(15-18)14-17-7-5-4-6-8-17/h4-10,13,18H,3,11-12,14-15H2,1-2H3,(H,23,26). The zero-order valence-electron chi connectivity index (χ0n) is 15.4. The number of nitrogens with zero attached hydrogens (tertiary/aromatic N) is 2. The van der Waals surface area contributed by atoms with Crippen molar-refractivity contribution < 1.29 is 9.18 Å². The molecule has 2 aromatic rings. The summed E-state index contributed by atoms with van der Waals surface area (Å²) < 4.78 is 14.0. The van der Waals surface area contributed by atoms with Crippen LogP contribution in [-0.4, -0.2) is 41.5 Å². The molecule has 1 aliphatic rings. The molecule has 4 nitrogen and oxygen atoms in total. The number of likely N-dealkylation sites (tertiary alicyclic amines) is 1. The Kier molecular flexibility index (Phi) is 5.89. The molecule has 138 valence electrons. The predicted octanol–water partition coefficient (Wildman–Crippen LogP) is 4.26. The SMILES string of the molecule is CCN(C(=O)Nc1ccc(C)cc1F)C1CCN(Cc2ccccc2)C1. The molecule has 1 fully saturated rings. The van der Waals surface area contributed by atoms with Gasteiger partial charge in [-0.3, -0.25) is 4.90 Å². The molecule has 0 saturated carbocycles. The van der Waals surface area contributed by atoms with E-state index in [0.29, 0.717) is 6.54 Å². The minimum Gasteiger partial charge on any atom is -0.320 e. The van der Waals surface area contributed by atoms with Crippen molar-refractivity contribution >= 4 is 11.7 Å². The molecule has 0 radical (unpaired) electrons. The summed E-state index contributed by atoms with van der Waals surface area (Å²) in [5, 5.41) is 2.72. The normalized spacial score (nSPS) is 17.3. The van der Waals surface area contributed by atoms with Gasteiger partial charge in [0, 0.05) is 32.2 Å². The third kappa shape index (κ3) is 4.41. The number of likely N-dealkylation sites (N-methyl/N-ethyl adjacent to an activating group) is 1. The van der Waals surface area contributed by atoms with Gasteiger partial charge >= 0.3 is 6.03 Å². The van der Waals surface area contributed by atoms with Gasteiger partial charge in [0.25, 0.3) is 0 Å². The van der Waals surface area contributed by atoms with Crippen LogP contribution in [0, 0.1) is 12.7 Å². The van der Waals surface area contributed by atoms with Gasteiger partial charge < -0.3 is 10.2 Å². The van der Waals surface area contributed by atoms with E-state index >= 15 is 0 Å². The molecule has 1 unspecified atom stereocenters. The smallest absolute Gasteiger partial charge is 0.320 e. The second-order valence-electron chi connectivity index (χ2n) is 6.86. The number of halogens is 1. The first kappa shape index (κ1) is 18.4. The summed E-state index contributed by atoms with van der Waals surface area (Å²) in [6.45, 7) is 7.08. The van der Waals surface area contributed by atoms with Crippen molar-refractivity contribution in [1.82, 2.24) is 9.80 Å². The lowest BCUT2D eigenvalue weighted by Crippen LogP contribution is -2.44. The fourth-order valence-electron chi connectivity index (χ4n) is 3.53. The van der Waals surface area contributed by atoms with E-state index in [-0.39, 0.29) is 17.8 Å². The largest absolute Gasteiger partial charge is 0.322 e. The van der Waals surface area contributed by atoms with Gasteiger partial charge in [0.2, 0.25) is 0 Å². The first-order chi connectivity index (χ1) is 12.6. The van der Waals surface area contributed by atoms with E-state index in [0.717, 1.165) is 31.6 Å². The molecule has 1 heterocycles. The fraction of sp³-hybridized carbons (Fsp3) is 0.381. The van der Waals surface area contributed by atoms with Crippen molar-refractivity contribution in [3.63, 3.8) is 0 Å². The first-order valence-electron chi connectivity index (χ1n) is 9.17. The van der Waals surface area contributed by atoms with Crippen LogP contribution in [0.5, 0.6) is 0 Å². The van der Waals surface area contributed by atoms with Gasteiger partial charge in [-0.05, 0) is 43.5 Å². The van der Waals surface area contributed by atoms with E-state index in [1.807, 2.05) is 36.9 Å². The van der Waals surface area contributed by atoms with Crippen LogP contribution in [0.15, 0.2) is 48.5 Å². The molecule has 0 bridgehead atoms. The maximum absolute atomic E-state index is 14.0. The van der Waals surface area contributed by atoms with Crippen LogP contribution in [0.1, 0.15) is 24.5 Å². The first-order valence-corrected chi connectivity index (χ1v) is 9.17. The van der Waals surface area contributed by atoms with Crippen molar-refractivity contribution in [3.05, 3.63) is 65.5 Å². The number of carbonyl (C=O) groups excluding carboxylic acids is 1. The van der Waals surface area contributed by atoms with Gasteiger partial charge in [-0.15, -0.1) is 0 Å². The Morgan fingerprint density at radius 1 is 1.27 bits per heavy atom. The maximum atomic E-state index is 14.0. The third-order valence-corrected chi connectivity index (χ3v) is 4.91. The van der Waals surface area contributed by atoms with Gasteiger partial charge in [-0.1, -0.05) is 36.4 Å². The van der Waals surface area contributed by atoms with Crippen molar-refractivity contribution in [2.24, 2.45) is 0 Å². The number of carbonyl (C=O) groups is 1. The van der Waals surface area contributed by atoms with Crippen molar-refractivity contribution in [3.8, 4) is 0 Å². The molecule has 1 aliphatic heterocycles. The molecule has 2 amide bonds. The number of nitrogens with one attached hydrogen (secondary N) is 1. The Morgan fingerprint density at radius 3 is 2.73 bits per heavy atom. The average molecular weight is 355 g/mol. The van der Waals surface area contributed by atoms with Gasteiger partial charge in [-0.25, -0.2) is 9.18 Å². The number of hydrogen-bond donors (Lipinski definition) is 1. The van der Waals surface area contributed by atoms with E-state index < -0.39 is 5.82 Å². The number of aryl methyl sites for hydroxylation is 1. The summed E-state index contributed by atoms with van der Waals surface area (Å²) in [6.07, 6.45) is 0.935. The summed E-state index contributed by atoms with van der Waals surface area (Å²) in [5.41, 5.74) is 2.35. The monoisotopic (exact) mass is 355 g/mol.